The second-order valence-corrected chi connectivity index (χ2v) is 2.62. The Kier molecular flexibility index (Phi) is 8.87. The summed E-state index contributed by atoms with van der Waals surface area (Å²) in [7, 11) is 0. The van der Waals surface area contributed by atoms with Crippen LogP contribution in [0.1, 0.15) is 0 Å². The number of primary amides is 4. The smallest absolute Gasteiger partial charge is 0.330 e. The van der Waals surface area contributed by atoms with Crippen molar-refractivity contribution in [1.82, 2.24) is 21.3 Å². The van der Waals surface area contributed by atoms with Gasteiger partial charge in [-0.15, -0.1) is 0 Å². The summed E-state index contributed by atoms with van der Waals surface area (Å²) in [6.07, 6.45) is 0. The first-order valence-corrected chi connectivity index (χ1v) is 4.38. The molecule has 0 bridgehead atoms. The molecular formula is C6H12N8O6. The molecule has 0 aromatic heterocycles. The summed E-state index contributed by atoms with van der Waals surface area (Å²) in [6.45, 7) is 0. The van der Waals surface area contributed by atoms with E-state index in [1.165, 1.54) is 0 Å². The van der Waals surface area contributed by atoms with Crippen LogP contribution in [-0.4, -0.2) is 36.2 Å². The van der Waals surface area contributed by atoms with Crippen molar-refractivity contribution in [3.8, 4) is 0 Å². The molecule has 0 spiro atoms. The minimum absolute atomic E-state index is 1.04. The van der Waals surface area contributed by atoms with E-state index < -0.39 is 36.2 Å². The average molecular weight is 292 g/mol. The van der Waals surface area contributed by atoms with Crippen molar-refractivity contribution >= 4 is 36.2 Å². The number of rotatable bonds is 0. The molecule has 0 heterocycles. The molecule has 0 unspecified atom stereocenters. The van der Waals surface area contributed by atoms with Crippen LogP contribution in [0.25, 0.3) is 0 Å². The van der Waals surface area contributed by atoms with Gasteiger partial charge in [0, 0.05) is 0 Å². The van der Waals surface area contributed by atoms with E-state index in [0.29, 0.717) is 0 Å². The highest BCUT2D eigenvalue weighted by molar-refractivity contribution is 6.00. The normalized spacial score (nSPS) is 8.00. The van der Waals surface area contributed by atoms with Gasteiger partial charge in [-0.05, 0) is 0 Å². The molecule has 14 heteroatoms. The zero-order valence-electron chi connectivity index (χ0n) is 9.76. The molecule has 0 saturated heterocycles. The standard InChI is InChI=1S/2C3H6N4O3/c2*4-1(8)6-3(10)7-2(5)9/h2*(H6,4,5,6,7,8,9,10). The van der Waals surface area contributed by atoms with E-state index in [1.54, 1.807) is 21.3 Å². The number of imide groups is 4. The van der Waals surface area contributed by atoms with Gasteiger partial charge < -0.3 is 22.9 Å². The van der Waals surface area contributed by atoms with Crippen LogP contribution in [0.3, 0.4) is 0 Å². The van der Waals surface area contributed by atoms with Crippen molar-refractivity contribution in [2.45, 2.75) is 0 Å². The molecule has 0 fully saturated rings. The van der Waals surface area contributed by atoms with Gasteiger partial charge in [-0.3, -0.25) is 21.3 Å². The molecule has 0 saturated carbocycles. The predicted octanol–water partition coefficient (Wildman–Crippen LogP) is -3.11. The van der Waals surface area contributed by atoms with Crippen LogP contribution in [-0.2, 0) is 0 Å². The molecule has 12 N–H and O–H groups in total. The van der Waals surface area contributed by atoms with Gasteiger partial charge in [0.15, 0.2) is 0 Å². The van der Waals surface area contributed by atoms with E-state index >= 15 is 0 Å². The molecule has 12 amide bonds. The summed E-state index contributed by atoms with van der Waals surface area (Å²) in [5.41, 5.74) is 18.0. The van der Waals surface area contributed by atoms with Crippen LogP contribution in [0.4, 0.5) is 28.8 Å². The number of hydrogen-bond donors (Lipinski definition) is 8. The number of amides is 12. The predicted molar refractivity (Wildman–Crippen MR) is 61.7 cm³/mol. The SMILES string of the molecule is NC(=O)NC(=O)NC(N)=O.NC(=O)NC(=O)NC(N)=O. The zero-order chi connectivity index (χ0) is 16.3. The molecule has 0 aromatic rings. The van der Waals surface area contributed by atoms with E-state index in [2.05, 4.69) is 22.9 Å². The van der Waals surface area contributed by atoms with Crippen molar-refractivity contribution in [2.75, 3.05) is 0 Å². The summed E-state index contributed by atoms with van der Waals surface area (Å²) in [4.78, 5) is 60.0. The first kappa shape index (κ1) is 18.8. The van der Waals surface area contributed by atoms with Crippen molar-refractivity contribution < 1.29 is 28.8 Å². The molecule has 0 aromatic carbocycles. The number of nitrogens with two attached hydrogens (primary N) is 4. The van der Waals surface area contributed by atoms with Crippen molar-refractivity contribution in [1.29, 1.82) is 0 Å². The Morgan fingerprint density at radius 3 is 0.700 bits per heavy atom. The highest BCUT2D eigenvalue weighted by Crippen LogP contribution is 1.63. The van der Waals surface area contributed by atoms with Gasteiger partial charge in [0.25, 0.3) is 0 Å². The molecule has 0 aliphatic carbocycles. The van der Waals surface area contributed by atoms with Crippen molar-refractivity contribution in [2.24, 2.45) is 22.9 Å². The van der Waals surface area contributed by atoms with Gasteiger partial charge in [-0.2, -0.15) is 0 Å². The summed E-state index contributed by atoms with van der Waals surface area (Å²) in [5.74, 6) is 0. The second kappa shape index (κ2) is 9.45. The lowest BCUT2D eigenvalue weighted by Crippen LogP contribution is -2.46. The lowest BCUT2D eigenvalue weighted by molar-refractivity contribution is 0.224. The van der Waals surface area contributed by atoms with Gasteiger partial charge >= 0.3 is 36.2 Å². The Morgan fingerprint density at radius 1 is 0.450 bits per heavy atom. The first-order chi connectivity index (χ1) is 9.04. The fraction of sp³-hybridized carbons (Fsp3) is 0. The second-order valence-electron chi connectivity index (χ2n) is 2.62. The highest BCUT2D eigenvalue weighted by atomic mass is 16.2. The van der Waals surface area contributed by atoms with Gasteiger partial charge in [-0.25, -0.2) is 28.8 Å². The van der Waals surface area contributed by atoms with Crippen molar-refractivity contribution in [3.05, 3.63) is 0 Å². The first-order valence-electron chi connectivity index (χ1n) is 4.38. The van der Waals surface area contributed by atoms with E-state index in [-0.39, 0.29) is 0 Å². The minimum Gasteiger partial charge on any atom is -0.351 e. The monoisotopic (exact) mass is 292 g/mol. The Morgan fingerprint density at radius 2 is 0.600 bits per heavy atom. The third-order valence-electron chi connectivity index (χ3n) is 0.947. The van der Waals surface area contributed by atoms with Crippen molar-refractivity contribution in [3.63, 3.8) is 0 Å². The maximum Gasteiger partial charge on any atom is 0.330 e. The summed E-state index contributed by atoms with van der Waals surface area (Å²) in [6, 6.07) is -6.31. The Balaban J connectivity index is 0. The molecule has 112 valence electrons. The Hall–Kier alpha value is -3.58. The highest BCUT2D eigenvalue weighted by Gasteiger charge is 2.04. The van der Waals surface area contributed by atoms with E-state index in [1.807, 2.05) is 0 Å². The number of carbonyl (C=O) groups is 6. The number of nitrogens with one attached hydrogen (secondary N) is 4. The summed E-state index contributed by atoms with van der Waals surface area (Å²) >= 11 is 0. The molecule has 0 rings (SSSR count). The quantitative estimate of drug-likeness (QED) is 0.229. The molecule has 0 atom stereocenters. The van der Waals surface area contributed by atoms with E-state index in [4.69, 9.17) is 0 Å². The lowest BCUT2D eigenvalue weighted by Gasteiger charge is -1.97. The van der Waals surface area contributed by atoms with Crippen LogP contribution < -0.4 is 44.2 Å². The minimum atomic E-state index is -1.06. The zero-order valence-corrected chi connectivity index (χ0v) is 9.76. The molecule has 20 heavy (non-hydrogen) atoms. The lowest BCUT2D eigenvalue weighted by atomic mass is 10.8. The number of hydrogen-bond acceptors (Lipinski definition) is 6. The van der Waals surface area contributed by atoms with Crippen LogP contribution in [0, 0.1) is 0 Å². The maximum atomic E-state index is 10.2. The molecular weight excluding hydrogens is 280 g/mol. The Labute approximate surface area is 110 Å². The third-order valence-corrected chi connectivity index (χ3v) is 0.947. The molecule has 0 radical (unpaired) electrons. The molecule has 14 nitrogen and oxygen atoms in total. The van der Waals surface area contributed by atoms with Crippen LogP contribution >= 0.6 is 0 Å². The molecule has 0 aliphatic rings. The van der Waals surface area contributed by atoms with Crippen LogP contribution in [0.5, 0.6) is 0 Å². The van der Waals surface area contributed by atoms with Gasteiger partial charge in [0.2, 0.25) is 0 Å². The molecule has 0 aliphatic heterocycles. The fourth-order valence-corrected chi connectivity index (χ4v) is 0.510. The van der Waals surface area contributed by atoms with Gasteiger partial charge in [0.05, 0.1) is 0 Å². The van der Waals surface area contributed by atoms with Crippen LogP contribution in [0.2, 0.25) is 0 Å². The van der Waals surface area contributed by atoms with E-state index in [0.717, 1.165) is 0 Å². The number of urea groups is 6. The third kappa shape index (κ3) is 16.8. The van der Waals surface area contributed by atoms with E-state index in [9.17, 15) is 28.8 Å². The topological polar surface area (TPSA) is 255 Å². The van der Waals surface area contributed by atoms with Gasteiger partial charge in [-0.1, -0.05) is 0 Å². The maximum absolute atomic E-state index is 10.2. The number of carbonyl (C=O) groups excluding carboxylic acids is 6. The summed E-state index contributed by atoms with van der Waals surface area (Å²) < 4.78 is 0. The van der Waals surface area contributed by atoms with Crippen LogP contribution in [0.15, 0.2) is 0 Å². The fourth-order valence-electron chi connectivity index (χ4n) is 0.510. The van der Waals surface area contributed by atoms with Gasteiger partial charge in [0.1, 0.15) is 0 Å². The summed E-state index contributed by atoms with van der Waals surface area (Å²) in [5, 5.41) is 6.25. The Bertz CT molecular complexity index is 357. The average Bonchev–Trinajstić information content (AvgIpc) is 2.11. The largest absolute Gasteiger partial charge is 0.351 e.